The van der Waals surface area contributed by atoms with E-state index in [1.165, 1.54) is 5.56 Å². The molecule has 2 atom stereocenters. The molecular formula is C27H34N6O3. The monoisotopic (exact) mass is 490 g/mol. The molecule has 0 aromatic carbocycles. The quantitative estimate of drug-likeness (QED) is 0.491. The van der Waals surface area contributed by atoms with Gasteiger partial charge in [0.15, 0.2) is 0 Å². The summed E-state index contributed by atoms with van der Waals surface area (Å²) in [7, 11) is 1.81. The Morgan fingerprint density at radius 3 is 2.81 bits per heavy atom. The summed E-state index contributed by atoms with van der Waals surface area (Å²) in [4.78, 5) is 42.8. The fourth-order valence-electron chi connectivity index (χ4n) is 5.26. The van der Waals surface area contributed by atoms with Gasteiger partial charge < -0.3 is 19.9 Å². The van der Waals surface area contributed by atoms with Crippen LogP contribution in [0.15, 0.2) is 30.5 Å². The highest BCUT2D eigenvalue weighted by atomic mass is 16.6. The van der Waals surface area contributed by atoms with Gasteiger partial charge in [-0.3, -0.25) is 9.69 Å². The molecule has 4 bridgehead atoms. The van der Waals surface area contributed by atoms with E-state index in [0.29, 0.717) is 25.3 Å². The minimum Gasteiger partial charge on any atom is -0.444 e. The lowest BCUT2D eigenvalue weighted by atomic mass is 10.0. The summed E-state index contributed by atoms with van der Waals surface area (Å²) in [5.74, 6) is 0.636. The molecule has 0 saturated carbocycles. The van der Waals surface area contributed by atoms with Crippen LogP contribution in [-0.4, -0.2) is 74.6 Å². The Morgan fingerprint density at radius 2 is 2.03 bits per heavy atom. The normalized spacial score (nSPS) is 20.6. The zero-order valence-electron chi connectivity index (χ0n) is 21.6. The molecule has 1 saturated heterocycles. The smallest absolute Gasteiger partial charge is 0.411 e. The third-order valence-electron chi connectivity index (χ3n) is 6.90. The van der Waals surface area contributed by atoms with E-state index in [0.717, 1.165) is 40.8 Å². The van der Waals surface area contributed by atoms with Crippen LogP contribution < -0.4 is 5.32 Å². The predicted octanol–water partition coefficient (Wildman–Crippen LogP) is 4.13. The van der Waals surface area contributed by atoms with Crippen LogP contribution in [-0.2, 0) is 16.0 Å². The minimum atomic E-state index is -0.642. The molecule has 1 fully saturated rings. The van der Waals surface area contributed by atoms with Crippen molar-refractivity contribution in [3.8, 4) is 11.3 Å². The zero-order valence-corrected chi connectivity index (χ0v) is 21.6. The molecule has 2 amide bonds. The van der Waals surface area contributed by atoms with E-state index < -0.39 is 17.7 Å². The number of aromatic amines is 1. The number of carbonyl (C=O) groups is 2. The SMILES string of the molecule is Cc1[nH]c2nccc3c2c1CCCN(C)C(=O)[C@@H]1C[C@@H](CN1C(=O)OC(C)(C)C)Nc1cccc-3n1. The van der Waals surface area contributed by atoms with Crippen molar-refractivity contribution in [3.05, 3.63) is 41.7 Å². The van der Waals surface area contributed by atoms with Crippen molar-refractivity contribution >= 4 is 28.9 Å². The van der Waals surface area contributed by atoms with Crippen LogP contribution in [0.3, 0.4) is 0 Å². The van der Waals surface area contributed by atoms with Crippen LogP contribution >= 0.6 is 0 Å². The van der Waals surface area contributed by atoms with Crippen molar-refractivity contribution in [3.63, 3.8) is 0 Å². The second-order valence-electron chi connectivity index (χ2n) is 10.8. The molecule has 0 spiro atoms. The molecule has 0 radical (unpaired) electrons. The highest BCUT2D eigenvalue weighted by molar-refractivity contribution is 5.95. The van der Waals surface area contributed by atoms with E-state index in [4.69, 9.17) is 9.72 Å². The molecule has 0 aliphatic carbocycles. The summed E-state index contributed by atoms with van der Waals surface area (Å²) in [6, 6.07) is 7.20. The highest BCUT2D eigenvalue weighted by Crippen LogP contribution is 2.33. The van der Waals surface area contributed by atoms with E-state index in [9.17, 15) is 9.59 Å². The van der Waals surface area contributed by atoms with Gasteiger partial charge in [-0.05, 0) is 70.7 Å². The van der Waals surface area contributed by atoms with Crippen molar-refractivity contribution in [2.45, 2.75) is 64.6 Å². The first-order valence-corrected chi connectivity index (χ1v) is 12.6. The van der Waals surface area contributed by atoms with Crippen LogP contribution in [0.2, 0.25) is 0 Å². The number of aromatic nitrogens is 3. The number of carbonyl (C=O) groups excluding carboxylic acids is 2. The topological polar surface area (TPSA) is 103 Å². The molecule has 5 heterocycles. The Hall–Kier alpha value is -3.62. The number of nitrogens with one attached hydrogen (secondary N) is 2. The fraction of sp³-hybridized carbons (Fsp3) is 0.481. The lowest BCUT2D eigenvalue weighted by molar-refractivity contribution is -0.134. The fourth-order valence-corrected chi connectivity index (χ4v) is 5.26. The number of anilines is 1. The molecule has 9 heteroatoms. The molecule has 3 aromatic heterocycles. The number of hydrogen-bond acceptors (Lipinski definition) is 6. The number of rotatable bonds is 0. The largest absolute Gasteiger partial charge is 0.444 e. The van der Waals surface area contributed by atoms with Gasteiger partial charge in [-0.15, -0.1) is 0 Å². The first kappa shape index (κ1) is 24.1. The molecule has 190 valence electrons. The van der Waals surface area contributed by atoms with Gasteiger partial charge in [0.1, 0.15) is 23.1 Å². The molecule has 0 unspecified atom stereocenters. The Balaban J connectivity index is 1.54. The van der Waals surface area contributed by atoms with Gasteiger partial charge in [0.2, 0.25) is 5.91 Å². The van der Waals surface area contributed by atoms with Crippen molar-refractivity contribution in [2.24, 2.45) is 0 Å². The average molecular weight is 491 g/mol. The van der Waals surface area contributed by atoms with Crippen LogP contribution in [0.1, 0.15) is 44.9 Å². The number of aryl methyl sites for hydroxylation is 2. The Bertz CT molecular complexity index is 1310. The number of likely N-dealkylation sites (N-methyl/N-ethyl adjacent to an activating group) is 1. The average Bonchev–Trinajstić information content (AvgIpc) is 3.37. The molecule has 36 heavy (non-hydrogen) atoms. The van der Waals surface area contributed by atoms with Crippen molar-refractivity contribution in [1.82, 2.24) is 24.8 Å². The number of hydrogen-bond donors (Lipinski definition) is 2. The summed E-state index contributed by atoms with van der Waals surface area (Å²) >= 11 is 0. The maximum atomic E-state index is 13.5. The molecule has 2 aliphatic rings. The van der Waals surface area contributed by atoms with Gasteiger partial charge in [-0.25, -0.2) is 14.8 Å². The number of likely N-dealkylation sites (tertiary alicyclic amines) is 1. The lowest BCUT2D eigenvalue weighted by Crippen LogP contribution is -2.48. The summed E-state index contributed by atoms with van der Waals surface area (Å²) < 4.78 is 5.65. The summed E-state index contributed by atoms with van der Waals surface area (Å²) in [5, 5.41) is 4.55. The van der Waals surface area contributed by atoms with E-state index >= 15 is 0 Å². The second-order valence-corrected chi connectivity index (χ2v) is 10.8. The summed E-state index contributed by atoms with van der Waals surface area (Å²) in [6.45, 7) is 8.52. The van der Waals surface area contributed by atoms with E-state index in [1.807, 2.05) is 52.1 Å². The third kappa shape index (κ3) is 4.62. The Labute approximate surface area is 211 Å². The van der Waals surface area contributed by atoms with Crippen molar-refractivity contribution < 1.29 is 14.3 Å². The zero-order chi connectivity index (χ0) is 25.6. The van der Waals surface area contributed by atoms with Gasteiger partial charge in [-0.2, -0.15) is 0 Å². The second kappa shape index (κ2) is 9.11. The summed E-state index contributed by atoms with van der Waals surface area (Å²) in [5.41, 5.74) is 4.36. The molecule has 5 rings (SSSR count). The van der Waals surface area contributed by atoms with Gasteiger partial charge in [0.25, 0.3) is 0 Å². The van der Waals surface area contributed by atoms with Crippen LogP contribution in [0.25, 0.3) is 22.3 Å². The number of fused-ring (bicyclic) bond motifs is 5. The Kier molecular flexibility index (Phi) is 6.10. The number of ether oxygens (including phenoxy) is 1. The predicted molar refractivity (Wildman–Crippen MR) is 139 cm³/mol. The minimum absolute atomic E-state index is 0.0697. The number of amides is 2. The van der Waals surface area contributed by atoms with Gasteiger partial charge >= 0.3 is 6.09 Å². The van der Waals surface area contributed by atoms with Crippen LogP contribution in [0, 0.1) is 6.92 Å². The Morgan fingerprint density at radius 1 is 1.22 bits per heavy atom. The number of nitrogens with zero attached hydrogens (tertiary/aromatic N) is 4. The van der Waals surface area contributed by atoms with Crippen LogP contribution in [0.4, 0.5) is 10.6 Å². The molecule has 9 nitrogen and oxygen atoms in total. The maximum absolute atomic E-state index is 13.5. The van der Waals surface area contributed by atoms with E-state index in [1.54, 1.807) is 16.0 Å². The molecule has 3 aromatic rings. The van der Waals surface area contributed by atoms with Gasteiger partial charge in [0, 0.05) is 49.0 Å². The maximum Gasteiger partial charge on any atom is 0.411 e. The number of pyridine rings is 2. The van der Waals surface area contributed by atoms with Gasteiger partial charge in [0.05, 0.1) is 5.69 Å². The highest BCUT2D eigenvalue weighted by Gasteiger charge is 2.42. The first-order chi connectivity index (χ1) is 17.1. The summed E-state index contributed by atoms with van der Waals surface area (Å²) in [6.07, 6.45) is 3.42. The molecule has 2 N–H and O–H groups in total. The standard InChI is InChI=1S/C27H34N6O3/c1-16-18-8-7-13-32(5)25(34)21-14-17(15-33(21)26(35)36-27(2,3)4)30-22-10-6-9-20(31-22)19-11-12-28-24(29-16)23(18)19/h6,9-12,17,21H,7-8,13-15H2,1-5H3,(H,28,29)(H,30,31)/t17-,21-/m0/s1. The third-order valence-corrected chi connectivity index (χ3v) is 6.90. The van der Waals surface area contributed by atoms with Crippen LogP contribution in [0.5, 0.6) is 0 Å². The number of H-pyrrole nitrogens is 1. The van der Waals surface area contributed by atoms with Crippen molar-refractivity contribution in [2.75, 3.05) is 25.5 Å². The lowest BCUT2D eigenvalue weighted by Gasteiger charge is -2.30. The molecular weight excluding hydrogens is 456 g/mol. The van der Waals surface area contributed by atoms with E-state index in [2.05, 4.69) is 22.2 Å². The van der Waals surface area contributed by atoms with Gasteiger partial charge in [-0.1, -0.05) is 6.07 Å². The molecule has 2 aliphatic heterocycles. The first-order valence-electron chi connectivity index (χ1n) is 12.6. The van der Waals surface area contributed by atoms with Crippen molar-refractivity contribution in [1.29, 1.82) is 0 Å². The van der Waals surface area contributed by atoms with E-state index in [-0.39, 0.29) is 11.9 Å².